The summed E-state index contributed by atoms with van der Waals surface area (Å²) in [7, 11) is 0. The Morgan fingerprint density at radius 1 is 1.22 bits per heavy atom. The van der Waals surface area contributed by atoms with E-state index >= 15 is 0 Å². The number of ether oxygens (including phenoxy) is 2. The summed E-state index contributed by atoms with van der Waals surface area (Å²) in [5.74, 6) is 0.828. The lowest BCUT2D eigenvalue weighted by Gasteiger charge is -2.30. The fourth-order valence-electron chi connectivity index (χ4n) is 4.21. The van der Waals surface area contributed by atoms with Crippen molar-refractivity contribution in [1.29, 1.82) is 0 Å². The summed E-state index contributed by atoms with van der Waals surface area (Å²) in [6.07, 6.45) is 5.99. The summed E-state index contributed by atoms with van der Waals surface area (Å²) in [4.78, 5) is 16.9. The van der Waals surface area contributed by atoms with Gasteiger partial charge in [0.15, 0.2) is 0 Å². The number of carbonyl (C=O) groups is 1. The van der Waals surface area contributed by atoms with Gasteiger partial charge in [-0.15, -0.1) is 0 Å². The van der Waals surface area contributed by atoms with Crippen molar-refractivity contribution in [3.05, 3.63) is 35.5 Å². The molecule has 3 rings (SSSR count). The van der Waals surface area contributed by atoms with Gasteiger partial charge in [0.05, 0.1) is 42.6 Å². The van der Waals surface area contributed by atoms with Gasteiger partial charge in [0.2, 0.25) is 5.91 Å². The molecule has 1 aliphatic rings. The highest BCUT2D eigenvalue weighted by Crippen LogP contribution is 2.32. The third-order valence-corrected chi connectivity index (χ3v) is 6.01. The summed E-state index contributed by atoms with van der Waals surface area (Å²) in [6.45, 7) is 8.69. The van der Waals surface area contributed by atoms with Crippen molar-refractivity contribution in [2.75, 3.05) is 6.61 Å². The van der Waals surface area contributed by atoms with E-state index in [1.807, 2.05) is 18.2 Å². The maximum absolute atomic E-state index is 12.1. The van der Waals surface area contributed by atoms with Gasteiger partial charge in [0.25, 0.3) is 0 Å². The number of unbranched alkanes of at least 4 members (excludes halogenated alkanes) is 1. The van der Waals surface area contributed by atoms with Crippen molar-refractivity contribution in [1.82, 2.24) is 10.3 Å². The highest BCUT2D eigenvalue weighted by Gasteiger charge is 2.25. The molecule has 0 radical (unpaired) electrons. The van der Waals surface area contributed by atoms with Crippen LogP contribution in [0.5, 0.6) is 5.75 Å². The number of fused-ring (bicyclic) bond motifs is 1. The molecule has 1 aromatic heterocycles. The predicted molar refractivity (Wildman–Crippen MR) is 127 cm³/mol. The SMILES string of the molecule is CCCCOc1c(C)c(CO[C@H]2CC[C@H](NC(=O)CC(C)(C)O)CC2)nc2ccccc12. The Labute approximate surface area is 191 Å². The molecule has 0 atom stereocenters. The Morgan fingerprint density at radius 2 is 1.94 bits per heavy atom. The molecular formula is C26H38N2O4. The van der Waals surface area contributed by atoms with E-state index in [-0.39, 0.29) is 24.5 Å². The van der Waals surface area contributed by atoms with Gasteiger partial charge in [0.1, 0.15) is 5.75 Å². The monoisotopic (exact) mass is 442 g/mol. The van der Waals surface area contributed by atoms with Crippen molar-refractivity contribution >= 4 is 16.8 Å². The number of pyridine rings is 1. The molecule has 6 nitrogen and oxygen atoms in total. The number of para-hydroxylation sites is 1. The molecule has 2 N–H and O–H groups in total. The van der Waals surface area contributed by atoms with E-state index in [1.165, 1.54) is 0 Å². The molecular weight excluding hydrogens is 404 g/mol. The first-order valence-corrected chi connectivity index (χ1v) is 11.9. The second-order valence-corrected chi connectivity index (χ2v) is 9.57. The molecule has 1 aliphatic carbocycles. The van der Waals surface area contributed by atoms with Crippen LogP contribution in [0.4, 0.5) is 0 Å². The van der Waals surface area contributed by atoms with Crippen LogP contribution in [0.25, 0.3) is 10.9 Å². The summed E-state index contributed by atoms with van der Waals surface area (Å²) in [5.41, 5.74) is 1.93. The minimum absolute atomic E-state index is 0.0894. The van der Waals surface area contributed by atoms with Crippen molar-refractivity contribution in [3.63, 3.8) is 0 Å². The number of aliphatic hydroxyl groups is 1. The maximum atomic E-state index is 12.1. The molecule has 1 amide bonds. The van der Waals surface area contributed by atoms with E-state index in [0.29, 0.717) is 13.2 Å². The number of rotatable bonds is 10. The quantitative estimate of drug-likeness (QED) is 0.515. The molecule has 0 spiro atoms. The van der Waals surface area contributed by atoms with Crippen LogP contribution < -0.4 is 10.1 Å². The van der Waals surface area contributed by atoms with Crippen molar-refractivity contribution in [3.8, 4) is 5.75 Å². The first-order valence-electron chi connectivity index (χ1n) is 11.9. The van der Waals surface area contributed by atoms with E-state index < -0.39 is 5.60 Å². The van der Waals surface area contributed by atoms with E-state index in [0.717, 1.165) is 66.4 Å². The second kappa shape index (κ2) is 11.1. The first kappa shape index (κ1) is 24.5. The highest BCUT2D eigenvalue weighted by molar-refractivity contribution is 5.86. The average molecular weight is 443 g/mol. The summed E-state index contributed by atoms with van der Waals surface area (Å²) < 4.78 is 12.4. The van der Waals surface area contributed by atoms with Crippen LogP contribution in [-0.2, 0) is 16.1 Å². The van der Waals surface area contributed by atoms with E-state index in [9.17, 15) is 9.90 Å². The van der Waals surface area contributed by atoms with Gasteiger partial charge >= 0.3 is 0 Å². The molecule has 0 saturated heterocycles. The van der Waals surface area contributed by atoms with Crippen LogP contribution in [0.3, 0.4) is 0 Å². The highest BCUT2D eigenvalue weighted by atomic mass is 16.5. The number of aromatic nitrogens is 1. The van der Waals surface area contributed by atoms with Gasteiger partial charge in [-0.1, -0.05) is 25.5 Å². The smallest absolute Gasteiger partial charge is 0.223 e. The molecule has 0 unspecified atom stereocenters. The molecule has 32 heavy (non-hydrogen) atoms. The van der Waals surface area contributed by atoms with Crippen molar-refractivity contribution < 1.29 is 19.4 Å². The van der Waals surface area contributed by atoms with Gasteiger partial charge in [-0.05, 0) is 65.0 Å². The molecule has 2 aromatic rings. The molecule has 1 heterocycles. The molecule has 176 valence electrons. The number of nitrogens with one attached hydrogen (secondary N) is 1. The van der Waals surface area contributed by atoms with E-state index in [2.05, 4.69) is 25.2 Å². The molecule has 6 heteroatoms. The molecule has 0 bridgehead atoms. The summed E-state index contributed by atoms with van der Waals surface area (Å²) >= 11 is 0. The van der Waals surface area contributed by atoms with Gasteiger partial charge < -0.3 is 19.9 Å². The Balaban J connectivity index is 1.57. The zero-order chi connectivity index (χ0) is 23.1. The predicted octanol–water partition coefficient (Wildman–Crippen LogP) is 4.83. The van der Waals surface area contributed by atoms with Gasteiger partial charge in [-0.25, -0.2) is 4.98 Å². The number of amides is 1. The van der Waals surface area contributed by atoms with Gasteiger partial charge in [-0.2, -0.15) is 0 Å². The Hall–Kier alpha value is -2.18. The second-order valence-electron chi connectivity index (χ2n) is 9.57. The lowest BCUT2D eigenvalue weighted by Crippen LogP contribution is -2.41. The number of carbonyl (C=O) groups excluding carboxylic acids is 1. The number of benzene rings is 1. The standard InChI is InChI=1S/C26H38N2O4/c1-5-6-15-31-25-18(2)23(28-22-10-8-7-9-21(22)25)17-32-20-13-11-19(12-14-20)27-24(29)16-26(3,4)30/h7-10,19-20,30H,5-6,11-17H2,1-4H3,(H,27,29)/t19-,20-. The van der Waals surface area contributed by atoms with Crippen LogP contribution in [0.1, 0.15) is 77.0 Å². The first-order chi connectivity index (χ1) is 15.3. The number of nitrogens with zero attached hydrogens (tertiary/aromatic N) is 1. The van der Waals surface area contributed by atoms with Crippen LogP contribution in [-0.4, -0.2) is 40.4 Å². The molecule has 1 aromatic carbocycles. The lowest BCUT2D eigenvalue weighted by molar-refractivity contribution is -0.126. The third-order valence-electron chi connectivity index (χ3n) is 6.01. The van der Waals surface area contributed by atoms with Gasteiger partial charge in [0, 0.05) is 17.0 Å². The maximum Gasteiger partial charge on any atom is 0.223 e. The third kappa shape index (κ3) is 6.91. The Kier molecular flexibility index (Phi) is 8.49. The Bertz CT molecular complexity index is 899. The van der Waals surface area contributed by atoms with Crippen LogP contribution in [0.2, 0.25) is 0 Å². The van der Waals surface area contributed by atoms with Crippen LogP contribution in [0.15, 0.2) is 24.3 Å². The summed E-state index contributed by atoms with van der Waals surface area (Å²) in [5, 5.41) is 13.9. The summed E-state index contributed by atoms with van der Waals surface area (Å²) in [6, 6.07) is 8.26. The van der Waals surface area contributed by atoms with Crippen molar-refractivity contribution in [2.24, 2.45) is 0 Å². The normalized spacial score (nSPS) is 19.2. The minimum atomic E-state index is -0.978. The average Bonchev–Trinajstić information content (AvgIpc) is 2.74. The molecule has 0 aliphatic heterocycles. The van der Waals surface area contributed by atoms with Gasteiger partial charge in [-0.3, -0.25) is 4.79 Å². The largest absolute Gasteiger partial charge is 0.493 e. The zero-order valence-corrected chi connectivity index (χ0v) is 19.9. The number of hydrogen-bond donors (Lipinski definition) is 2. The van der Waals surface area contributed by atoms with E-state index in [4.69, 9.17) is 14.5 Å². The topological polar surface area (TPSA) is 80.7 Å². The molecule has 1 saturated carbocycles. The van der Waals surface area contributed by atoms with Crippen LogP contribution in [0, 0.1) is 6.92 Å². The minimum Gasteiger partial charge on any atom is -0.493 e. The van der Waals surface area contributed by atoms with Crippen LogP contribution >= 0.6 is 0 Å². The zero-order valence-electron chi connectivity index (χ0n) is 19.9. The fourth-order valence-corrected chi connectivity index (χ4v) is 4.21. The molecule has 1 fully saturated rings. The fraction of sp³-hybridized carbons (Fsp3) is 0.615. The number of hydrogen-bond acceptors (Lipinski definition) is 5. The van der Waals surface area contributed by atoms with E-state index in [1.54, 1.807) is 13.8 Å². The lowest BCUT2D eigenvalue weighted by atomic mass is 9.92. The Morgan fingerprint density at radius 3 is 2.62 bits per heavy atom. The van der Waals surface area contributed by atoms with Crippen molar-refractivity contribution in [2.45, 2.75) is 97.0 Å².